The van der Waals surface area contributed by atoms with Gasteiger partial charge in [-0.05, 0) is 28.8 Å². The lowest BCUT2D eigenvalue weighted by Crippen LogP contribution is -2.63. The van der Waals surface area contributed by atoms with E-state index in [1.165, 1.54) is 0 Å². The molecule has 2 fully saturated rings. The Hall–Kier alpha value is -2.35. The SMILES string of the molecule is O=C1CN(C(=O)Nc2noc(-c3ccccc3)c2Br)[C@@H]2CCCC[C@H]2N1. The topological polar surface area (TPSA) is 87.5 Å². The Morgan fingerprint density at radius 1 is 1.27 bits per heavy atom. The minimum atomic E-state index is -0.328. The van der Waals surface area contributed by atoms with E-state index in [4.69, 9.17) is 4.52 Å². The minimum Gasteiger partial charge on any atom is -0.353 e. The van der Waals surface area contributed by atoms with Gasteiger partial charge >= 0.3 is 6.03 Å². The lowest BCUT2D eigenvalue weighted by molar-refractivity contribution is -0.126. The number of hydrogen-bond donors (Lipinski definition) is 2. The van der Waals surface area contributed by atoms with Crippen LogP contribution in [0.15, 0.2) is 39.3 Å². The Labute approximate surface area is 159 Å². The number of rotatable bonds is 2. The summed E-state index contributed by atoms with van der Waals surface area (Å²) in [5.41, 5.74) is 0.858. The zero-order valence-electron chi connectivity index (χ0n) is 14.1. The number of piperazine rings is 1. The number of nitrogens with one attached hydrogen (secondary N) is 2. The van der Waals surface area contributed by atoms with Gasteiger partial charge < -0.3 is 14.7 Å². The quantitative estimate of drug-likeness (QED) is 0.782. The fourth-order valence-corrected chi connectivity index (χ4v) is 4.17. The van der Waals surface area contributed by atoms with Gasteiger partial charge in [0.2, 0.25) is 5.91 Å². The molecule has 0 bridgehead atoms. The van der Waals surface area contributed by atoms with Crippen molar-refractivity contribution in [2.45, 2.75) is 37.8 Å². The monoisotopic (exact) mass is 418 g/mol. The molecule has 7 nitrogen and oxygen atoms in total. The molecule has 8 heteroatoms. The Bertz CT molecular complexity index is 823. The van der Waals surface area contributed by atoms with Crippen LogP contribution in [0.3, 0.4) is 0 Å². The van der Waals surface area contributed by atoms with E-state index in [-0.39, 0.29) is 30.6 Å². The molecule has 0 unspecified atom stereocenters. The van der Waals surface area contributed by atoms with Crippen LogP contribution < -0.4 is 10.6 Å². The van der Waals surface area contributed by atoms with Crippen LogP contribution in [0.1, 0.15) is 25.7 Å². The molecule has 4 rings (SSSR count). The maximum Gasteiger partial charge on any atom is 0.323 e. The second kappa shape index (κ2) is 7.11. The number of hydrogen-bond acceptors (Lipinski definition) is 4. The Kier molecular flexibility index (Phi) is 4.67. The molecule has 2 aliphatic rings. The third kappa shape index (κ3) is 3.21. The lowest BCUT2D eigenvalue weighted by Gasteiger charge is -2.43. The highest BCUT2D eigenvalue weighted by Crippen LogP contribution is 2.34. The number of carbonyl (C=O) groups is 2. The van der Waals surface area contributed by atoms with Crippen molar-refractivity contribution in [1.82, 2.24) is 15.4 Å². The second-order valence-corrected chi connectivity index (χ2v) is 7.42. The van der Waals surface area contributed by atoms with E-state index in [2.05, 4.69) is 31.7 Å². The number of urea groups is 1. The molecule has 1 aliphatic heterocycles. The van der Waals surface area contributed by atoms with Crippen LogP contribution in [0.5, 0.6) is 0 Å². The molecule has 1 saturated heterocycles. The summed E-state index contributed by atoms with van der Waals surface area (Å²) in [6, 6.07) is 9.26. The van der Waals surface area contributed by atoms with Gasteiger partial charge in [-0.15, -0.1) is 0 Å². The molecule has 1 aliphatic carbocycles. The predicted molar refractivity (Wildman–Crippen MR) is 99.6 cm³/mol. The van der Waals surface area contributed by atoms with Crippen molar-refractivity contribution in [1.29, 1.82) is 0 Å². The number of benzene rings is 1. The third-order valence-corrected chi connectivity index (χ3v) is 5.68. The van der Waals surface area contributed by atoms with Gasteiger partial charge in [0.1, 0.15) is 11.0 Å². The number of halogens is 1. The van der Waals surface area contributed by atoms with Crippen LogP contribution in [-0.2, 0) is 4.79 Å². The van der Waals surface area contributed by atoms with E-state index in [1.54, 1.807) is 4.90 Å². The molecular formula is C18H19BrN4O3. The highest BCUT2D eigenvalue weighted by molar-refractivity contribution is 9.10. The first-order valence-corrected chi connectivity index (χ1v) is 9.50. The first-order valence-electron chi connectivity index (χ1n) is 8.71. The van der Waals surface area contributed by atoms with Crippen molar-refractivity contribution in [3.8, 4) is 11.3 Å². The molecule has 1 aromatic heterocycles. The lowest BCUT2D eigenvalue weighted by atomic mass is 9.87. The number of anilines is 1. The summed E-state index contributed by atoms with van der Waals surface area (Å²) in [4.78, 5) is 26.4. The zero-order chi connectivity index (χ0) is 18.1. The summed E-state index contributed by atoms with van der Waals surface area (Å²) in [7, 11) is 0. The van der Waals surface area contributed by atoms with Gasteiger partial charge in [0.05, 0.1) is 6.04 Å². The second-order valence-electron chi connectivity index (χ2n) is 6.62. The molecule has 3 amide bonds. The van der Waals surface area contributed by atoms with Crippen LogP contribution in [0.4, 0.5) is 10.6 Å². The third-order valence-electron chi connectivity index (χ3n) is 4.95. The van der Waals surface area contributed by atoms with Gasteiger partial charge in [-0.25, -0.2) is 4.79 Å². The maximum atomic E-state index is 12.8. The largest absolute Gasteiger partial charge is 0.353 e. The van der Waals surface area contributed by atoms with Crippen LogP contribution >= 0.6 is 15.9 Å². The van der Waals surface area contributed by atoms with Crippen LogP contribution in [-0.4, -0.2) is 40.6 Å². The van der Waals surface area contributed by atoms with Gasteiger partial charge in [0.15, 0.2) is 11.6 Å². The standard InChI is InChI=1S/C18H19BrN4O3/c19-15-16(11-6-2-1-3-7-11)26-22-17(15)21-18(25)23-10-14(24)20-12-8-4-5-9-13(12)23/h1-3,6-7,12-13H,4-5,8-10H2,(H,20,24)(H,21,22,25)/t12-,13-/m1/s1. The number of nitrogens with zero attached hydrogens (tertiary/aromatic N) is 2. The molecule has 2 N–H and O–H groups in total. The van der Waals surface area contributed by atoms with Gasteiger partial charge in [0, 0.05) is 11.6 Å². The molecule has 1 saturated carbocycles. The van der Waals surface area contributed by atoms with E-state index < -0.39 is 0 Å². The predicted octanol–water partition coefficient (Wildman–Crippen LogP) is 3.38. The minimum absolute atomic E-state index is 0.0284. The summed E-state index contributed by atoms with van der Waals surface area (Å²) in [6.45, 7) is 0.0635. The van der Waals surface area contributed by atoms with Gasteiger partial charge in [-0.2, -0.15) is 0 Å². The first kappa shape index (κ1) is 17.1. The average Bonchev–Trinajstić information content (AvgIpc) is 3.02. The summed E-state index contributed by atoms with van der Waals surface area (Å²) in [5, 5.41) is 9.75. The van der Waals surface area contributed by atoms with Crippen molar-refractivity contribution in [3.05, 3.63) is 34.8 Å². The van der Waals surface area contributed by atoms with Gasteiger partial charge in [-0.1, -0.05) is 48.3 Å². The summed E-state index contributed by atoms with van der Waals surface area (Å²) in [6.07, 6.45) is 3.94. The molecule has 0 spiro atoms. The number of aromatic nitrogens is 1. The molecule has 2 atom stereocenters. The van der Waals surface area contributed by atoms with E-state index in [9.17, 15) is 9.59 Å². The Morgan fingerprint density at radius 2 is 2.04 bits per heavy atom. The molecule has 0 radical (unpaired) electrons. The summed E-state index contributed by atoms with van der Waals surface area (Å²) < 4.78 is 5.97. The Morgan fingerprint density at radius 3 is 2.85 bits per heavy atom. The van der Waals surface area contributed by atoms with Crippen molar-refractivity contribution in [3.63, 3.8) is 0 Å². The highest BCUT2D eigenvalue weighted by atomic mass is 79.9. The molecule has 26 heavy (non-hydrogen) atoms. The molecule has 2 heterocycles. The van der Waals surface area contributed by atoms with Crippen LogP contribution in [0, 0.1) is 0 Å². The van der Waals surface area contributed by atoms with Crippen LogP contribution in [0.25, 0.3) is 11.3 Å². The van der Waals surface area contributed by atoms with Crippen molar-refractivity contribution >= 4 is 33.7 Å². The average molecular weight is 419 g/mol. The smallest absolute Gasteiger partial charge is 0.323 e. The fraction of sp³-hybridized carbons (Fsp3) is 0.389. The molecule has 2 aromatic rings. The van der Waals surface area contributed by atoms with Crippen molar-refractivity contribution in [2.75, 3.05) is 11.9 Å². The van der Waals surface area contributed by atoms with Gasteiger partial charge in [-0.3, -0.25) is 10.1 Å². The van der Waals surface area contributed by atoms with Crippen molar-refractivity contribution < 1.29 is 14.1 Å². The molecule has 1 aromatic carbocycles. The first-order chi connectivity index (χ1) is 12.6. The Balaban J connectivity index is 1.53. The van der Waals surface area contributed by atoms with E-state index in [0.717, 1.165) is 31.2 Å². The zero-order valence-corrected chi connectivity index (χ0v) is 15.7. The number of carbonyl (C=O) groups excluding carboxylic acids is 2. The number of amides is 3. The van der Waals surface area contributed by atoms with Crippen molar-refractivity contribution in [2.24, 2.45) is 0 Å². The van der Waals surface area contributed by atoms with Gasteiger partial charge in [0.25, 0.3) is 0 Å². The fourth-order valence-electron chi connectivity index (χ4n) is 3.70. The van der Waals surface area contributed by atoms with Crippen LogP contribution in [0.2, 0.25) is 0 Å². The number of fused-ring (bicyclic) bond motifs is 1. The molecule has 136 valence electrons. The normalized spacial score (nSPS) is 22.5. The molecular weight excluding hydrogens is 400 g/mol. The van der Waals surface area contributed by atoms with E-state index >= 15 is 0 Å². The summed E-state index contributed by atoms with van der Waals surface area (Å²) >= 11 is 3.45. The van der Waals surface area contributed by atoms with E-state index in [0.29, 0.717) is 16.1 Å². The summed E-state index contributed by atoms with van der Waals surface area (Å²) in [5.74, 6) is 0.743. The van der Waals surface area contributed by atoms with E-state index in [1.807, 2.05) is 30.3 Å². The maximum absolute atomic E-state index is 12.8. The highest BCUT2D eigenvalue weighted by Gasteiger charge is 2.39.